The number of carbonyl (C=O) groups excluding carboxylic acids is 1. The van der Waals surface area contributed by atoms with Gasteiger partial charge < -0.3 is 4.90 Å². The average Bonchev–Trinajstić information content (AvgIpc) is 3.14. The van der Waals surface area contributed by atoms with Gasteiger partial charge >= 0.3 is 0 Å². The van der Waals surface area contributed by atoms with E-state index in [1.54, 1.807) is 0 Å². The first-order chi connectivity index (χ1) is 10.2. The Morgan fingerprint density at radius 1 is 1.33 bits per heavy atom. The molecule has 1 aliphatic heterocycles. The Labute approximate surface area is 129 Å². The fourth-order valence-electron chi connectivity index (χ4n) is 2.90. The van der Waals surface area contributed by atoms with Crippen molar-refractivity contribution in [2.24, 2.45) is 0 Å². The molecule has 21 heavy (non-hydrogen) atoms. The Bertz CT molecular complexity index is 621. The predicted octanol–water partition coefficient (Wildman–Crippen LogP) is 4.07. The third kappa shape index (κ3) is 2.86. The number of carbonyl (C=O) groups is 1. The maximum absolute atomic E-state index is 11.2. The minimum Gasteiger partial charge on any atom is -0.347 e. The third-order valence-corrected chi connectivity index (χ3v) is 5.11. The number of rotatable bonds is 4. The van der Waals surface area contributed by atoms with Crippen molar-refractivity contribution in [3.8, 4) is 0 Å². The van der Waals surface area contributed by atoms with Crippen LogP contribution in [0.3, 0.4) is 0 Å². The zero-order valence-electron chi connectivity index (χ0n) is 12.5. The molecule has 0 aliphatic carbocycles. The maximum Gasteiger partial charge on any atom is 0.186 e. The van der Waals surface area contributed by atoms with Gasteiger partial charge in [-0.05, 0) is 17.9 Å². The summed E-state index contributed by atoms with van der Waals surface area (Å²) in [5.74, 6) is 0.861. The summed E-state index contributed by atoms with van der Waals surface area (Å²) < 4.78 is 0. The summed E-state index contributed by atoms with van der Waals surface area (Å²) in [4.78, 5) is 19.0. The molecule has 0 spiro atoms. The Balaban J connectivity index is 1.79. The summed E-state index contributed by atoms with van der Waals surface area (Å²) in [6.45, 7) is 6.18. The smallest absolute Gasteiger partial charge is 0.186 e. The van der Waals surface area contributed by atoms with Crippen molar-refractivity contribution < 1.29 is 4.79 Å². The molecule has 2 heterocycles. The fraction of sp³-hybridized carbons (Fsp3) is 0.412. The number of hydrogen-bond acceptors (Lipinski definition) is 4. The van der Waals surface area contributed by atoms with Gasteiger partial charge in [0.25, 0.3) is 0 Å². The number of anilines is 1. The van der Waals surface area contributed by atoms with E-state index in [2.05, 4.69) is 49.1 Å². The van der Waals surface area contributed by atoms with Crippen molar-refractivity contribution in [1.82, 2.24) is 4.98 Å². The van der Waals surface area contributed by atoms with Gasteiger partial charge in [0.15, 0.2) is 11.4 Å². The largest absolute Gasteiger partial charge is 0.347 e. The van der Waals surface area contributed by atoms with Gasteiger partial charge in [0.1, 0.15) is 0 Å². The summed E-state index contributed by atoms with van der Waals surface area (Å²) in [5, 5.41) is 0.999. The number of hydrogen-bond donors (Lipinski definition) is 0. The number of aromatic nitrogens is 1. The van der Waals surface area contributed by atoms with Gasteiger partial charge in [-0.1, -0.05) is 55.5 Å². The lowest BCUT2D eigenvalue weighted by atomic mass is 9.99. The van der Waals surface area contributed by atoms with Gasteiger partial charge in [0.05, 0.1) is 10.6 Å². The Hall–Kier alpha value is -1.68. The van der Waals surface area contributed by atoms with Gasteiger partial charge in [0, 0.05) is 19.0 Å². The molecule has 3 rings (SSSR count). The molecule has 0 amide bonds. The predicted molar refractivity (Wildman–Crippen MR) is 87.6 cm³/mol. The number of nitrogens with zero attached hydrogens (tertiary/aromatic N) is 2. The van der Waals surface area contributed by atoms with Crippen molar-refractivity contribution in [3.63, 3.8) is 0 Å². The van der Waals surface area contributed by atoms with E-state index in [9.17, 15) is 4.79 Å². The molecule has 110 valence electrons. The lowest BCUT2D eigenvalue weighted by Crippen LogP contribution is -2.19. The van der Waals surface area contributed by atoms with Crippen molar-refractivity contribution in [1.29, 1.82) is 0 Å². The van der Waals surface area contributed by atoms with Crippen molar-refractivity contribution in [2.45, 2.75) is 32.1 Å². The Kier molecular flexibility index (Phi) is 4.06. The second kappa shape index (κ2) is 5.98. The van der Waals surface area contributed by atoms with Crippen LogP contribution in [-0.4, -0.2) is 24.4 Å². The highest BCUT2D eigenvalue weighted by molar-refractivity contribution is 7.17. The van der Waals surface area contributed by atoms with Gasteiger partial charge in [-0.3, -0.25) is 4.79 Å². The lowest BCUT2D eigenvalue weighted by molar-refractivity contribution is 0.112. The van der Waals surface area contributed by atoms with Crippen LogP contribution in [0.4, 0.5) is 5.13 Å². The van der Waals surface area contributed by atoms with Crippen LogP contribution in [0, 0.1) is 0 Å². The molecule has 1 aliphatic rings. The van der Waals surface area contributed by atoms with E-state index in [4.69, 9.17) is 4.98 Å². The molecule has 0 saturated carbocycles. The van der Waals surface area contributed by atoms with Crippen molar-refractivity contribution >= 4 is 22.8 Å². The van der Waals surface area contributed by atoms with Crippen LogP contribution in [0.15, 0.2) is 30.3 Å². The summed E-state index contributed by atoms with van der Waals surface area (Å²) in [6, 6.07) is 10.7. The summed E-state index contributed by atoms with van der Waals surface area (Å²) >= 11 is 1.53. The molecule has 0 radical (unpaired) electrons. The number of thiazole rings is 1. The molecule has 1 unspecified atom stereocenters. The average molecular weight is 300 g/mol. The Morgan fingerprint density at radius 3 is 2.71 bits per heavy atom. The van der Waals surface area contributed by atoms with Gasteiger partial charge in [-0.2, -0.15) is 0 Å². The van der Waals surface area contributed by atoms with E-state index < -0.39 is 0 Å². The molecule has 0 bridgehead atoms. The van der Waals surface area contributed by atoms with Crippen LogP contribution in [0.2, 0.25) is 0 Å². The van der Waals surface area contributed by atoms with Gasteiger partial charge in [0.2, 0.25) is 0 Å². The standard InChI is InChI=1S/C17H20N2OS/c1-12(2)16-15(11-20)21-17(18-16)19-9-8-14(10-19)13-6-4-3-5-7-13/h3-7,11-12,14H,8-10H2,1-2H3. The second-order valence-corrected chi connectivity index (χ2v) is 6.87. The first-order valence-electron chi connectivity index (χ1n) is 7.45. The minimum absolute atomic E-state index is 0.294. The molecule has 0 N–H and O–H groups in total. The topological polar surface area (TPSA) is 33.2 Å². The Morgan fingerprint density at radius 2 is 2.10 bits per heavy atom. The molecule has 1 saturated heterocycles. The normalized spacial score (nSPS) is 18.4. The van der Waals surface area contributed by atoms with Gasteiger partial charge in [-0.15, -0.1) is 0 Å². The van der Waals surface area contributed by atoms with E-state index in [1.165, 1.54) is 16.9 Å². The molecule has 1 fully saturated rings. The molecule has 1 atom stereocenters. The SMILES string of the molecule is CC(C)c1nc(N2CCC(c3ccccc3)C2)sc1C=O. The van der Waals surface area contributed by atoms with E-state index >= 15 is 0 Å². The number of aldehydes is 1. The van der Waals surface area contributed by atoms with E-state index in [1.807, 2.05) is 0 Å². The van der Waals surface area contributed by atoms with E-state index in [0.717, 1.165) is 41.5 Å². The van der Waals surface area contributed by atoms with Crippen LogP contribution >= 0.6 is 11.3 Å². The van der Waals surface area contributed by atoms with E-state index in [0.29, 0.717) is 11.8 Å². The highest BCUT2D eigenvalue weighted by Crippen LogP contribution is 2.35. The van der Waals surface area contributed by atoms with Crippen LogP contribution in [-0.2, 0) is 0 Å². The first kappa shape index (κ1) is 14.3. The zero-order valence-corrected chi connectivity index (χ0v) is 13.3. The van der Waals surface area contributed by atoms with Crippen molar-refractivity contribution in [3.05, 3.63) is 46.5 Å². The first-order valence-corrected chi connectivity index (χ1v) is 8.26. The maximum atomic E-state index is 11.2. The van der Waals surface area contributed by atoms with Crippen LogP contribution in [0.5, 0.6) is 0 Å². The third-order valence-electron chi connectivity index (χ3n) is 4.05. The minimum atomic E-state index is 0.294. The zero-order chi connectivity index (χ0) is 14.8. The number of benzene rings is 1. The summed E-state index contributed by atoms with van der Waals surface area (Å²) in [7, 11) is 0. The summed E-state index contributed by atoms with van der Waals surface area (Å²) in [6.07, 6.45) is 2.10. The van der Waals surface area contributed by atoms with Crippen molar-refractivity contribution in [2.75, 3.05) is 18.0 Å². The van der Waals surface area contributed by atoms with Gasteiger partial charge in [-0.25, -0.2) is 4.98 Å². The molecule has 4 heteroatoms. The van der Waals surface area contributed by atoms with E-state index in [-0.39, 0.29) is 0 Å². The van der Waals surface area contributed by atoms with Crippen LogP contribution in [0.1, 0.15) is 53.0 Å². The molecule has 1 aromatic heterocycles. The lowest BCUT2D eigenvalue weighted by Gasteiger charge is -2.15. The molecule has 3 nitrogen and oxygen atoms in total. The molecule has 2 aromatic rings. The quantitative estimate of drug-likeness (QED) is 0.798. The molecule has 1 aromatic carbocycles. The fourth-order valence-corrected chi connectivity index (χ4v) is 3.97. The highest BCUT2D eigenvalue weighted by Gasteiger charge is 2.27. The second-order valence-electron chi connectivity index (χ2n) is 5.86. The van der Waals surface area contributed by atoms with Crippen LogP contribution < -0.4 is 4.90 Å². The summed E-state index contributed by atoms with van der Waals surface area (Å²) in [5.41, 5.74) is 2.34. The highest BCUT2D eigenvalue weighted by atomic mass is 32.1. The van der Waals surface area contributed by atoms with Crippen LogP contribution in [0.25, 0.3) is 0 Å². The molecular weight excluding hydrogens is 280 g/mol. The monoisotopic (exact) mass is 300 g/mol. The molecular formula is C17H20N2OS.